The molecule has 0 N–H and O–H groups in total. The molecule has 66 valence electrons. The Morgan fingerprint density at radius 1 is 1.38 bits per heavy atom. The average molecular weight is 212 g/mol. The Morgan fingerprint density at radius 2 is 2.23 bits per heavy atom. The molecule has 0 aliphatic rings. The predicted molar refractivity (Wildman–Crippen MR) is 52.9 cm³/mol. The first-order valence-corrected chi connectivity index (χ1v) is 4.86. The largest absolute Gasteiger partial charge is 0.242 e. The lowest BCUT2D eigenvalue weighted by molar-refractivity contribution is 1.06. The van der Waals surface area contributed by atoms with E-state index in [0.29, 0.717) is 4.34 Å². The summed E-state index contributed by atoms with van der Waals surface area (Å²) in [6.07, 6.45) is 3.34. The van der Waals surface area contributed by atoms with Crippen molar-refractivity contribution in [2.45, 2.75) is 6.92 Å². The van der Waals surface area contributed by atoms with Gasteiger partial charge in [0.2, 0.25) is 0 Å². The van der Waals surface area contributed by atoms with Crippen LogP contribution in [-0.4, -0.2) is 15.0 Å². The van der Waals surface area contributed by atoms with Gasteiger partial charge in [-0.2, -0.15) is 0 Å². The van der Waals surface area contributed by atoms with Gasteiger partial charge in [0.25, 0.3) is 0 Å². The fraction of sp³-hybridized carbons (Fsp3) is 0.125. The zero-order valence-electron chi connectivity index (χ0n) is 6.86. The van der Waals surface area contributed by atoms with Crippen LogP contribution in [0.3, 0.4) is 0 Å². The van der Waals surface area contributed by atoms with E-state index >= 15 is 0 Å². The van der Waals surface area contributed by atoms with E-state index in [1.807, 2.05) is 13.0 Å². The van der Waals surface area contributed by atoms with Crippen LogP contribution in [0.15, 0.2) is 18.5 Å². The molecule has 0 radical (unpaired) electrons. The van der Waals surface area contributed by atoms with Gasteiger partial charge in [0.05, 0.1) is 6.20 Å². The molecular formula is C8H6ClN3S. The maximum atomic E-state index is 5.76. The lowest BCUT2D eigenvalue weighted by Crippen LogP contribution is -1.88. The number of nitrogens with zero attached hydrogens (tertiary/aromatic N) is 3. The topological polar surface area (TPSA) is 38.7 Å². The molecule has 2 aromatic heterocycles. The lowest BCUT2D eigenvalue weighted by atomic mass is 10.4. The van der Waals surface area contributed by atoms with Crippen LogP contribution in [0.4, 0.5) is 0 Å². The van der Waals surface area contributed by atoms with Gasteiger partial charge in [-0.05, 0) is 13.0 Å². The number of halogens is 1. The first-order chi connectivity index (χ1) is 6.25. The zero-order valence-corrected chi connectivity index (χ0v) is 8.43. The van der Waals surface area contributed by atoms with Gasteiger partial charge in [0, 0.05) is 6.20 Å². The molecule has 0 saturated carbocycles. The van der Waals surface area contributed by atoms with Crippen molar-refractivity contribution in [1.29, 1.82) is 0 Å². The van der Waals surface area contributed by atoms with Gasteiger partial charge < -0.3 is 0 Å². The highest BCUT2D eigenvalue weighted by Gasteiger charge is 2.04. The maximum Gasteiger partial charge on any atom is 0.143 e. The lowest BCUT2D eigenvalue weighted by Gasteiger charge is -1.94. The molecule has 13 heavy (non-hydrogen) atoms. The summed E-state index contributed by atoms with van der Waals surface area (Å²) in [5, 5.41) is 0.829. The van der Waals surface area contributed by atoms with E-state index in [4.69, 9.17) is 11.6 Å². The van der Waals surface area contributed by atoms with E-state index in [1.54, 1.807) is 12.4 Å². The van der Waals surface area contributed by atoms with Gasteiger partial charge in [-0.15, -0.1) is 11.3 Å². The van der Waals surface area contributed by atoms with Gasteiger partial charge in [0.15, 0.2) is 0 Å². The number of aryl methyl sites for hydroxylation is 1. The van der Waals surface area contributed by atoms with Gasteiger partial charge >= 0.3 is 0 Å². The normalized spacial score (nSPS) is 10.3. The molecule has 0 aliphatic heterocycles. The summed E-state index contributed by atoms with van der Waals surface area (Å²) in [5.74, 6) is 0.740. The molecular weight excluding hydrogens is 206 g/mol. The summed E-state index contributed by atoms with van der Waals surface area (Å²) in [4.78, 5) is 12.4. The zero-order chi connectivity index (χ0) is 9.26. The van der Waals surface area contributed by atoms with E-state index in [1.165, 1.54) is 11.3 Å². The van der Waals surface area contributed by atoms with Crippen molar-refractivity contribution < 1.29 is 0 Å². The van der Waals surface area contributed by atoms with E-state index in [2.05, 4.69) is 15.0 Å². The molecule has 2 rings (SSSR count). The van der Waals surface area contributed by atoms with Crippen molar-refractivity contribution in [3.63, 3.8) is 0 Å². The number of rotatable bonds is 1. The first-order valence-electron chi connectivity index (χ1n) is 3.67. The second-order valence-electron chi connectivity index (χ2n) is 2.46. The summed E-state index contributed by atoms with van der Waals surface area (Å²) in [6, 6.07) is 1.82. The monoisotopic (exact) mass is 211 g/mol. The Balaban J connectivity index is 2.46. The fourth-order valence-electron chi connectivity index (χ4n) is 0.948. The Morgan fingerprint density at radius 3 is 2.85 bits per heavy atom. The van der Waals surface area contributed by atoms with Crippen LogP contribution >= 0.6 is 22.9 Å². The highest BCUT2D eigenvalue weighted by Crippen LogP contribution is 2.26. The van der Waals surface area contributed by atoms with Crippen LogP contribution in [0.1, 0.15) is 5.82 Å². The third kappa shape index (κ3) is 1.84. The van der Waals surface area contributed by atoms with Crippen LogP contribution < -0.4 is 0 Å². The van der Waals surface area contributed by atoms with Crippen molar-refractivity contribution in [3.8, 4) is 10.7 Å². The molecule has 2 heterocycles. The molecule has 0 fully saturated rings. The molecule has 0 atom stereocenters. The van der Waals surface area contributed by atoms with Gasteiger partial charge in [0.1, 0.15) is 20.9 Å². The maximum absolute atomic E-state index is 5.76. The smallest absolute Gasteiger partial charge is 0.143 e. The summed E-state index contributed by atoms with van der Waals surface area (Å²) in [7, 11) is 0. The number of thiazole rings is 1. The second kappa shape index (κ2) is 3.40. The SMILES string of the molecule is Cc1nccc(-c2ncc(Cl)s2)n1. The minimum absolute atomic E-state index is 0.672. The molecule has 0 amide bonds. The van der Waals surface area contributed by atoms with Gasteiger partial charge in [-0.3, -0.25) is 0 Å². The Bertz CT molecular complexity index is 427. The van der Waals surface area contributed by atoms with E-state index in [0.717, 1.165) is 16.5 Å². The predicted octanol–water partition coefficient (Wildman–Crippen LogP) is 2.56. The fourth-order valence-corrected chi connectivity index (χ4v) is 1.83. The molecule has 0 saturated heterocycles. The van der Waals surface area contributed by atoms with Crippen LogP contribution in [0.5, 0.6) is 0 Å². The second-order valence-corrected chi connectivity index (χ2v) is 4.12. The van der Waals surface area contributed by atoms with E-state index in [-0.39, 0.29) is 0 Å². The molecule has 0 aromatic carbocycles. The summed E-state index contributed by atoms with van der Waals surface area (Å²) >= 11 is 7.18. The molecule has 5 heteroatoms. The Labute approximate surface area is 84.5 Å². The van der Waals surface area contributed by atoms with Crippen molar-refractivity contribution in [2.75, 3.05) is 0 Å². The van der Waals surface area contributed by atoms with Crippen LogP contribution in [0.2, 0.25) is 4.34 Å². The van der Waals surface area contributed by atoms with Crippen molar-refractivity contribution >= 4 is 22.9 Å². The van der Waals surface area contributed by atoms with Crippen LogP contribution in [-0.2, 0) is 0 Å². The Kier molecular flexibility index (Phi) is 2.24. The number of hydrogen-bond acceptors (Lipinski definition) is 4. The standard InChI is InChI=1S/C8H6ClN3S/c1-5-10-3-2-6(12-5)8-11-4-7(9)13-8/h2-4H,1H3. The molecule has 0 aliphatic carbocycles. The summed E-state index contributed by atoms with van der Waals surface area (Å²) < 4.78 is 0.672. The molecule has 0 spiro atoms. The third-order valence-electron chi connectivity index (χ3n) is 1.47. The van der Waals surface area contributed by atoms with E-state index in [9.17, 15) is 0 Å². The summed E-state index contributed by atoms with van der Waals surface area (Å²) in [5.41, 5.74) is 0.824. The average Bonchev–Trinajstić information content (AvgIpc) is 2.52. The number of hydrogen-bond donors (Lipinski definition) is 0. The van der Waals surface area contributed by atoms with Crippen LogP contribution in [0, 0.1) is 6.92 Å². The quantitative estimate of drug-likeness (QED) is 0.728. The third-order valence-corrected chi connectivity index (χ3v) is 2.61. The van der Waals surface area contributed by atoms with Gasteiger partial charge in [-0.1, -0.05) is 11.6 Å². The van der Waals surface area contributed by atoms with Crippen LogP contribution in [0.25, 0.3) is 10.7 Å². The van der Waals surface area contributed by atoms with Crippen molar-refractivity contribution in [3.05, 3.63) is 28.6 Å². The molecule has 0 unspecified atom stereocenters. The van der Waals surface area contributed by atoms with Crippen molar-refractivity contribution in [2.24, 2.45) is 0 Å². The molecule has 3 nitrogen and oxygen atoms in total. The minimum atomic E-state index is 0.672. The highest BCUT2D eigenvalue weighted by molar-refractivity contribution is 7.18. The number of aromatic nitrogens is 3. The molecule has 0 bridgehead atoms. The highest BCUT2D eigenvalue weighted by atomic mass is 35.5. The Hall–Kier alpha value is -1.00. The first kappa shape index (κ1) is 8.59. The minimum Gasteiger partial charge on any atom is -0.242 e. The summed E-state index contributed by atoms with van der Waals surface area (Å²) in [6.45, 7) is 1.85. The van der Waals surface area contributed by atoms with Gasteiger partial charge in [-0.25, -0.2) is 15.0 Å². The van der Waals surface area contributed by atoms with E-state index < -0.39 is 0 Å². The molecule has 2 aromatic rings. The van der Waals surface area contributed by atoms with Crippen molar-refractivity contribution in [1.82, 2.24) is 15.0 Å².